The number of nitrogens with zero attached hydrogens (tertiary/aromatic N) is 6. The van der Waals surface area contributed by atoms with Crippen molar-refractivity contribution in [1.82, 2.24) is 24.4 Å². The zero-order valence-corrected chi connectivity index (χ0v) is 15.0. The molecule has 3 rings (SSSR count). The van der Waals surface area contributed by atoms with E-state index < -0.39 is 0 Å². The number of hydrogen-bond donors (Lipinski definition) is 2. The van der Waals surface area contributed by atoms with E-state index in [2.05, 4.69) is 38.8 Å². The highest BCUT2D eigenvalue weighted by atomic mass is 16.3. The Morgan fingerprint density at radius 2 is 2.08 bits per heavy atom. The molecule has 0 spiro atoms. The van der Waals surface area contributed by atoms with E-state index in [1.807, 2.05) is 4.57 Å². The number of rotatable bonds is 6. The fourth-order valence-electron chi connectivity index (χ4n) is 3.54. The molecule has 0 aliphatic carbocycles. The van der Waals surface area contributed by atoms with Crippen LogP contribution in [-0.2, 0) is 0 Å². The molecule has 0 amide bonds. The summed E-state index contributed by atoms with van der Waals surface area (Å²) in [5, 5.41) is 18.8. The second kappa shape index (κ2) is 8.07. The summed E-state index contributed by atoms with van der Waals surface area (Å²) in [5.41, 5.74) is 1.47. The lowest BCUT2D eigenvalue weighted by molar-refractivity contribution is 0.188. The van der Waals surface area contributed by atoms with Crippen LogP contribution in [0.4, 0.5) is 5.82 Å². The minimum absolute atomic E-state index is 0.0134. The maximum absolute atomic E-state index is 9.62. The molecule has 25 heavy (non-hydrogen) atoms. The van der Waals surface area contributed by atoms with Crippen LogP contribution in [0.2, 0.25) is 0 Å². The van der Waals surface area contributed by atoms with Crippen LogP contribution in [0.5, 0.6) is 0 Å². The van der Waals surface area contributed by atoms with Gasteiger partial charge in [-0.15, -0.1) is 0 Å². The Balaban J connectivity index is 1.95. The molecule has 1 aliphatic rings. The van der Waals surface area contributed by atoms with Gasteiger partial charge in [0.25, 0.3) is 0 Å². The van der Waals surface area contributed by atoms with Gasteiger partial charge in [0.1, 0.15) is 6.33 Å². The molecule has 3 heterocycles. The van der Waals surface area contributed by atoms with Crippen LogP contribution in [-0.4, -0.2) is 81.1 Å². The number of likely N-dealkylation sites (N-methyl/N-ethyl adjacent to an activating group) is 1. The van der Waals surface area contributed by atoms with Gasteiger partial charge in [-0.3, -0.25) is 0 Å². The third-order valence-corrected chi connectivity index (χ3v) is 5.08. The average molecular weight is 348 g/mol. The Kier molecular flexibility index (Phi) is 5.82. The fourth-order valence-corrected chi connectivity index (χ4v) is 3.54. The Hall–Kier alpha value is -1.77. The van der Waals surface area contributed by atoms with Gasteiger partial charge in [-0.1, -0.05) is 6.42 Å². The maximum atomic E-state index is 9.62. The standard InChI is InChI=1S/C17H28N6O2/c1-21(2)13-5-3-4-7-22(9-13)16-15-17(19-11-18-16)23(12-20-15)14(10-25)6-8-24/h11-14,24-25H,3-10H2,1-2H3. The largest absolute Gasteiger partial charge is 0.396 e. The van der Waals surface area contributed by atoms with E-state index in [4.69, 9.17) is 0 Å². The number of fused-ring (bicyclic) bond motifs is 1. The summed E-state index contributed by atoms with van der Waals surface area (Å²) < 4.78 is 1.85. The molecule has 1 fully saturated rings. The van der Waals surface area contributed by atoms with Crippen LogP contribution < -0.4 is 4.90 Å². The molecule has 2 unspecified atom stereocenters. The Morgan fingerprint density at radius 1 is 1.24 bits per heavy atom. The second-order valence-electron chi connectivity index (χ2n) is 6.93. The van der Waals surface area contributed by atoms with Crippen LogP contribution in [0.15, 0.2) is 12.7 Å². The lowest BCUT2D eigenvalue weighted by Crippen LogP contribution is -2.39. The molecule has 2 N–H and O–H groups in total. The number of imidazole rings is 1. The number of aliphatic hydroxyl groups excluding tert-OH is 2. The van der Waals surface area contributed by atoms with E-state index in [-0.39, 0.29) is 19.3 Å². The van der Waals surface area contributed by atoms with Gasteiger partial charge < -0.3 is 24.6 Å². The third kappa shape index (κ3) is 3.75. The number of anilines is 1. The van der Waals surface area contributed by atoms with Crippen LogP contribution in [0.3, 0.4) is 0 Å². The Labute approximate surface area is 148 Å². The molecular formula is C17H28N6O2. The first kappa shape index (κ1) is 18.0. The molecule has 0 radical (unpaired) electrons. The van der Waals surface area contributed by atoms with E-state index in [1.54, 1.807) is 12.7 Å². The minimum Gasteiger partial charge on any atom is -0.396 e. The van der Waals surface area contributed by atoms with Gasteiger partial charge in [-0.2, -0.15) is 0 Å². The molecule has 0 saturated carbocycles. The maximum Gasteiger partial charge on any atom is 0.165 e. The van der Waals surface area contributed by atoms with E-state index in [0.29, 0.717) is 18.1 Å². The monoisotopic (exact) mass is 348 g/mol. The summed E-state index contributed by atoms with van der Waals surface area (Å²) in [6.07, 6.45) is 7.27. The van der Waals surface area contributed by atoms with Gasteiger partial charge in [0, 0.05) is 25.7 Å². The van der Waals surface area contributed by atoms with Crippen molar-refractivity contribution in [2.45, 2.75) is 37.8 Å². The van der Waals surface area contributed by atoms with E-state index in [0.717, 1.165) is 30.8 Å². The zero-order chi connectivity index (χ0) is 17.8. The first-order valence-electron chi connectivity index (χ1n) is 8.96. The lowest BCUT2D eigenvalue weighted by Gasteiger charge is -2.29. The molecule has 8 nitrogen and oxygen atoms in total. The molecule has 2 atom stereocenters. The molecule has 0 aromatic carbocycles. The van der Waals surface area contributed by atoms with Crippen molar-refractivity contribution in [2.75, 3.05) is 45.3 Å². The summed E-state index contributed by atoms with van der Waals surface area (Å²) >= 11 is 0. The summed E-state index contributed by atoms with van der Waals surface area (Å²) in [4.78, 5) is 18.0. The number of hydrogen-bond acceptors (Lipinski definition) is 7. The molecule has 0 bridgehead atoms. The van der Waals surface area contributed by atoms with Crippen molar-refractivity contribution < 1.29 is 10.2 Å². The first-order chi connectivity index (χ1) is 12.2. The molecular weight excluding hydrogens is 320 g/mol. The predicted octanol–water partition coefficient (Wildman–Crippen LogP) is 0.663. The minimum atomic E-state index is -0.226. The number of aromatic nitrogens is 4. The smallest absolute Gasteiger partial charge is 0.165 e. The van der Waals surface area contributed by atoms with Gasteiger partial charge in [-0.25, -0.2) is 15.0 Å². The Morgan fingerprint density at radius 3 is 2.80 bits per heavy atom. The molecule has 2 aromatic heterocycles. The van der Waals surface area contributed by atoms with Crippen LogP contribution in [0, 0.1) is 0 Å². The molecule has 8 heteroatoms. The number of aliphatic hydroxyl groups is 2. The predicted molar refractivity (Wildman–Crippen MR) is 96.7 cm³/mol. The van der Waals surface area contributed by atoms with Gasteiger partial charge in [0.2, 0.25) is 0 Å². The first-order valence-corrected chi connectivity index (χ1v) is 8.96. The fraction of sp³-hybridized carbons (Fsp3) is 0.706. The van der Waals surface area contributed by atoms with Crippen molar-refractivity contribution in [3.63, 3.8) is 0 Å². The highest BCUT2D eigenvalue weighted by molar-refractivity contribution is 5.83. The topological polar surface area (TPSA) is 90.5 Å². The molecule has 138 valence electrons. The van der Waals surface area contributed by atoms with Gasteiger partial charge in [-0.05, 0) is 33.4 Å². The third-order valence-electron chi connectivity index (χ3n) is 5.08. The van der Waals surface area contributed by atoms with Crippen molar-refractivity contribution in [3.8, 4) is 0 Å². The van der Waals surface area contributed by atoms with E-state index in [1.165, 1.54) is 12.8 Å². The summed E-state index contributed by atoms with van der Waals surface area (Å²) in [6.45, 7) is 1.84. The molecule has 2 aromatic rings. The van der Waals surface area contributed by atoms with Crippen molar-refractivity contribution in [1.29, 1.82) is 0 Å². The zero-order valence-electron chi connectivity index (χ0n) is 15.0. The normalized spacial score (nSPS) is 20.2. The summed E-state index contributed by atoms with van der Waals surface area (Å²) in [6, 6.07) is 0.269. The highest BCUT2D eigenvalue weighted by Gasteiger charge is 2.24. The Bertz CT molecular complexity index is 689. The van der Waals surface area contributed by atoms with Crippen molar-refractivity contribution in [2.24, 2.45) is 0 Å². The van der Waals surface area contributed by atoms with Crippen LogP contribution >= 0.6 is 0 Å². The highest BCUT2D eigenvalue weighted by Crippen LogP contribution is 2.27. The summed E-state index contributed by atoms with van der Waals surface area (Å²) in [5.74, 6) is 0.859. The van der Waals surface area contributed by atoms with E-state index >= 15 is 0 Å². The van der Waals surface area contributed by atoms with E-state index in [9.17, 15) is 10.2 Å². The molecule has 1 aliphatic heterocycles. The van der Waals surface area contributed by atoms with Crippen LogP contribution in [0.1, 0.15) is 31.7 Å². The quantitative estimate of drug-likeness (QED) is 0.792. The van der Waals surface area contributed by atoms with Crippen LogP contribution in [0.25, 0.3) is 11.2 Å². The van der Waals surface area contributed by atoms with Crippen molar-refractivity contribution in [3.05, 3.63) is 12.7 Å². The SMILES string of the molecule is CN(C)C1CCCCN(c2ncnc3c2ncn3C(CO)CCO)C1. The molecule has 1 saturated heterocycles. The summed E-state index contributed by atoms with van der Waals surface area (Å²) in [7, 11) is 4.25. The van der Waals surface area contributed by atoms with Gasteiger partial charge in [0.15, 0.2) is 17.0 Å². The average Bonchev–Trinajstić information content (AvgIpc) is 2.88. The van der Waals surface area contributed by atoms with Gasteiger partial charge in [0.05, 0.1) is 19.0 Å². The second-order valence-corrected chi connectivity index (χ2v) is 6.93. The van der Waals surface area contributed by atoms with Gasteiger partial charge >= 0.3 is 0 Å². The lowest BCUT2D eigenvalue weighted by atomic mass is 10.1. The van der Waals surface area contributed by atoms with Crippen molar-refractivity contribution >= 4 is 17.0 Å².